The molecule has 2 aliphatic heterocycles. The number of likely N-dealkylation sites (tertiary alicyclic amines) is 1. The molecule has 0 spiro atoms. The van der Waals surface area contributed by atoms with E-state index in [4.69, 9.17) is 4.74 Å². The number of hydrogen-bond acceptors (Lipinski definition) is 5. The minimum Gasteiger partial charge on any atom is -0.381 e. The van der Waals surface area contributed by atoms with Crippen molar-refractivity contribution < 1.29 is 9.53 Å². The smallest absolute Gasteiger partial charge is 0.263 e. The van der Waals surface area contributed by atoms with Crippen molar-refractivity contribution in [2.75, 3.05) is 32.8 Å². The fourth-order valence-electron chi connectivity index (χ4n) is 3.63. The lowest BCUT2D eigenvalue weighted by Gasteiger charge is -2.47. The van der Waals surface area contributed by atoms with Crippen LogP contribution in [-0.4, -0.2) is 54.7 Å². The van der Waals surface area contributed by atoms with Crippen molar-refractivity contribution in [1.29, 1.82) is 0 Å². The molecule has 1 N–H and O–H groups in total. The SMILES string of the molecule is O=C(NC1C2COCC1CN(CC1CC1)C2)c1cncs1. The monoisotopic (exact) mass is 307 g/mol. The molecule has 2 saturated heterocycles. The van der Waals surface area contributed by atoms with E-state index in [0.29, 0.717) is 16.7 Å². The molecule has 4 rings (SSSR count). The molecule has 2 unspecified atom stereocenters. The summed E-state index contributed by atoms with van der Waals surface area (Å²) in [5, 5.41) is 3.24. The summed E-state index contributed by atoms with van der Waals surface area (Å²) in [6.45, 7) is 4.89. The van der Waals surface area contributed by atoms with Gasteiger partial charge < -0.3 is 15.0 Å². The van der Waals surface area contributed by atoms with Crippen LogP contribution in [0, 0.1) is 17.8 Å². The Balaban J connectivity index is 1.42. The van der Waals surface area contributed by atoms with Crippen LogP contribution in [0.4, 0.5) is 0 Å². The predicted octanol–water partition coefficient (Wildman–Crippen LogP) is 1.23. The van der Waals surface area contributed by atoms with E-state index >= 15 is 0 Å². The molecule has 1 aromatic rings. The maximum Gasteiger partial charge on any atom is 0.263 e. The Labute approximate surface area is 128 Å². The topological polar surface area (TPSA) is 54.5 Å². The summed E-state index contributed by atoms with van der Waals surface area (Å²) >= 11 is 1.40. The Morgan fingerprint density at radius 3 is 2.76 bits per heavy atom. The van der Waals surface area contributed by atoms with Gasteiger partial charge in [-0.25, -0.2) is 0 Å². The van der Waals surface area contributed by atoms with E-state index in [1.54, 1.807) is 11.7 Å². The van der Waals surface area contributed by atoms with E-state index in [0.717, 1.165) is 32.2 Å². The van der Waals surface area contributed by atoms with Gasteiger partial charge in [-0.2, -0.15) is 0 Å². The summed E-state index contributed by atoms with van der Waals surface area (Å²) in [6.07, 6.45) is 4.44. The standard InChI is InChI=1S/C15H21N3O2S/c19-15(13-3-16-9-21-13)17-14-11-5-18(4-10-1-2-10)6-12(14)8-20-7-11/h3,9-12,14H,1-2,4-8H2,(H,17,19). The molecule has 1 saturated carbocycles. The Morgan fingerprint density at radius 2 is 2.14 bits per heavy atom. The minimum absolute atomic E-state index is 0.0232. The quantitative estimate of drug-likeness (QED) is 0.909. The summed E-state index contributed by atoms with van der Waals surface area (Å²) in [4.78, 5) is 19.6. The molecular formula is C15H21N3O2S. The number of amides is 1. The molecule has 6 heteroatoms. The number of hydrogen-bond donors (Lipinski definition) is 1. The van der Waals surface area contributed by atoms with Crippen molar-refractivity contribution in [2.24, 2.45) is 17.8 Å². The van der Waals surface area contributed by atoms with E-state index in [1.807, 2.05) is 0 Å². The molecule has 5 nitrogen and oxygen atoms in total. The molecule has 21 heavy (non-hydrogen) atoms. The Bertz CT molecular complexity index is 489. The van der Waals surface area contributed by atoms with Crippen LogP contribution in [0.2, 0.25) is 0 Å². The molecule has 2 bridgehead atoms. The number of piperidine rings is 1. The Hall–Kier alpha value is -0.980. The molecule has 0 aromatic carbocycles. The normalized spacial score (nSPS) is 32.9. The Morgan fingerprint density at radius 1 is 1.38 bits per heavy atom. The summed E-state index contributed by atoms with van der Waals surface area (Å²) in [6, 6.07) is 0.254. The molecule has 3 heterocycles. The summed E-state index contributed by atoms with van der Waals surface area (Å²) in [5.41, 5.74) is 1.71. The number of carbonyl (C=O) groups excluding carboxylic acids is 1. The third-order valence-corrected chi connectivity index (χ3v) is 5.60. The number of nitrogens with one attached hydrogen (secondary N) is 1. The number of carbonyl (C=O) groups is 1. The van der Waals surface area contributed by atoms with Gasteiger partial charge in [-0.3, -0.25) is 9.78 Å². The van der Waals surface area contributed by atoms with Gasteiger partial charge in [0.1, 0.15) is 4.88 Å². The molecule has 114 valence electrons. The van der Waals surface area contributed by atoms with Crippen molar-refractivity contribution in [2.45, 2.75) is 18.9 Å². The largest absolute Gasteiger partial charge is 0.381 e. The van der Waals surface area contributed by atoms with Gasteiger partial charge in [0.2, 0.25) is 0 Å². The van der Waals surface area contributed by atoms with E-state index in [9.17, 15) is 4.79 Å². The predicted molar refractivity (Wildman–Crippen MR) is 80.3 cm³/mol. The maximum absolute atomic E-state index is 12.3. The second-order valence-electron chi connectivity index (χ2n) is 6.58. The van der Waals surface area contributed by atoms with Crippen molar-refractivity contribution in [3.05, 3.63) is 16.6 Å². The first-order chi connectivity index (χ1) is 10.3. The van der Waals surface area contributed by atoms with Gasteiger partial charge in [0, 0.05) is 37.5 Å². The molecule has 2 atom stereocenters. The van der Waals surface area contributed by atoms with E-state index in [2.05, 4.69) is 15.2 Å². The second kappa shape index (κ2) is 5.66. The molecule has 1 aliphatic carbocycles. The molecule has 1 aromatic heterocycles. The van der Waals surface area contributed by atoms with E-state index < -0.39 is 0 Å². The number of ether oxygens (including phenoxy) is 1. The lowest BCUT2D eigenvalue weighted by Crippen LogP contribution is -2.61. The fourth-order valence-corrected chi connectivity index (χ4v) is 4.16. The van der Waals surface area contributed by atoms with Crippen LogP contribution in [-0.2, 0) is 4.74 Å². The van der Waals surface area contributed by atoms with Crippen LogP contribution in [0.15, 0.2) is 11.7 Å². The van der Waals surface area contributed by atoms with Gasteiger partial charge in [0.05, 0.1) is 24.9 Å². The van der Waals surface area contributed by atoms with Gasteiger partial charge in [-0.1, -0.05) is 0 Å². The zero-order chi connectivity index (χ0) is 14.2. The number of fused-ring (bicyclic) bond motifs is 2. The first-order valence-corrected chi connectivity index (χ1v) is 8.67. The summed E-state index contributed by atoms with van der Waals surface area (Å²) in [7, 11) is 0. The second-order valence-corrected chi connectivity index (χ2v) is 7.47. The van der Waals surface area contributed by atoms with Gasteiger partial charge in [-0.15, -0.1) is 11.3 Å². The first kappa shape index (κ1) is 13.7. The van der Waals surface area contributed by atoms with Crippen LogP contribution in [0.3, 0.4) is 0 Å². The minimum atomic E-state index is 0.0232. The highest BCUT2D eigenvalue weighted by atomic mass is 32.1. The number of rotatable bonds is 4. The van der Waals surface area contributed by atoms with Crippen molar-refractivity contribution in [3.8, 4) is 0 Å². The first-order valence-electron chi connectivity index (χ1n) is 7.79. The average Bonchev–Trinajstić information content (AvgIpc) is 3.09. The zero-order valence-corrected chi connectivity index (χ0v) is 12.8. The van der Waals surface area contributed by atoms with Crippen LogP contribution in [0.25, 0.3) is 0 Å². The fraction of sp³-hybridized carbons (Fsp3) is 0.733. The average molecular weight is 307 g/mol. The lowest BCUT2D eigenvalue weighted by atomic mass is 9.82. The van der Waals surface area contributed by atoms with Crippen molar-refractivity contribution in [1.82, 2.24) is 15.2 Å². The molecule has 1 amide bonds. The number of aromatic nitrogens is 1. The van der Waals surface area contributed by atoms with Crippen LogP contribution in [0.5, 0.6) is 0 Å². The number of thiazole rings is 1. The third kappa shape index (κ3) is 2.98. The highest BCUT2D eigenvalue weighted by molar-refractivity contribution is 7.11. The van der Waals surface area contributed by atoms with Crippen LogP contribution in [0.1, 0.15) is 22.5 Å². The maximum atomic E-state index is 12.3. The molecule has 0 radical (unpaired) electrons. The summed E-state index contributed by atoms with van der Waals surface area (Å²) in [5.74, 6) is 1.80. The van der Waals surface area contributed by atoms with Gasteiger partial charge in [0.25, 0.3) is 5.91 Å². The molecule has 3 fully saturated rings. The van der Waals surface area contributed by atoms with E-state index in [1.165, 1.54) is 30.7 Å². The summed E-state index contributed by atoms with van der Waals surface area (Å²) < 4.78 is 5.72. The van der Waals surface area contributed by atoms with Gasteiger partial charge in [0.15, 0.2) is 0 Å². The molecular weight excluding hydrogens is 286 g/mol. The van der Waals surface area contributed by atoms with Crippen molar-refractivity contribution in [3.63, 3.8) is 0 Å². The van der Waals surface area contributed by atoms with E-state index in [-0.39, 0.29) is 11.9 Å². The van der Waals surface area contributed by atoms with Crippen LogP contribution >= 0.6 is 11.3 Å². The van der Waals surface area contributed by atoms with Gasteiger partial charge in [-0.05, 0) is 18.8 Å². The highest BCUT2D eigenvalue weighted by Crippen LogP contribution is 2.34. The highest BCUT2D eigenvalue weighted by Gasteiger charge is 2.42. The Kier molecular flexibility index (Phi) is 3.69. The van der Waals surface area contributed by atoms with Crippen molar-refractivity contribution >= 4 is 17.2 Å². The zero-order valence-electron chi connectivity index (χ0n) is 12.0. The lowest BCUT2D eigenvalue weighted by molar-refractivity contribution is -0.0628. The van der Waals surface area contributed by atoms with Crippen LogP contribution < -0.4 is 5.32 Å². The number of nitrogens with zero attached hydrogens (tertiary/aromatic N) is 2. The molecule has 3 aliphatic rings. The van der Waals surface area contributed by atoms with Gasteiger partial charge >= 0.3 is 0 Å². The third-order valence-electron chi connectivity index (χ3n) is 4.83.